The molecule has 3 aromatic carbocycles. The first-order valence-corrected chi connectivity index (χ1v) is 13.8. The van der Waals surface area contributed by atoms with Crippen molar-refractivity contribution in [3.63, 3.8) is 0 Å². The average molecular weight is 615 g/mol. The van der Waals surface area contributed by atoms with Crippen molar-refractivity contribution in [2.75, 3.05) is 17.2 Å². The number of halogens is 4. The van der Waals surface area contributed by atoms with Crippen molar-refractivity contribution in [2.45, 2.75) is 40.2 Å². The van der Waals surface area contributed by atoms with Crippen LogP contribution in [0.25, 0.3) is 10.9 Å². The van der Waals surface area contributed by atoms with Gasteiger partial charge in [-0.05, 0) is 73.2 Å². The Kier molecular flexibility index (Phi) is 9.77. The van der Waals surface area contributed by atoms with Crippen LogP contribution < -0.4 is 16.0 Å². The molecule has 8 nitrogen and oxygen atoms in total. The number of carbonyl (C=O) groups excluding carboxylic acids is 3. The van der Waals surface area contributed by atoms with Gasteiger partial charge in [-0.2, -0.15) is 13.2 Å². The second-order valence-electron chi connectivity index (χ2n) is 10.0. The van der Waals surface area contributed by atoms with E-state index in [0.717, 1.165) is 12.1 Å². The van der Waals surface area contributed by atoms with Crippen molar-refractivity contribution in [1.29, 1.82) is 0 Å². The second kappa shape index (κ2) is 13.3. The van der Waals surface area contributed by atoms with E-state index in [1.165, 1.54) is 12.1 Å². The van der Waals surface area contributed by atoms with E-state index in [-0.39, 0.29) is 47.1 Å². The summed E-state index contributed by atoms with van der Waals surface area (Å²) >= 11 is 6.30. The van der Waals surface area contributed by atoms with Gasteiger partial charge in [-0.3, -0.25) is 14.4 Å². The normalized spacial score (nSPS) is 11.5. The fourth-order valence-corrected chi connectivity index (χ4v) is 4.45. The van der Waals surface area contributed by atoms with E-state index >= 15 is 0 Å². The Morgan fingerprint density at radius 2 is 1.58 bits per heavy atom. The van der Waals surface area contributed by atoms with Crippen LogP contribution in [0.5, 0.6) is 0 Å². The third kappa shape index (κ3) is 7.74. The number of benzene rings is 3. The summed E-state index contributed by atoms with van der Waals surface area (Å²) in [5, 5.41) is 9.10. The van der Waals surface area contributed by atoms with Gasteiger partial charge in [0.1, 0.15) is 12.4 Å². The van der Waals surface area contributed by atoms with Gasteiger partial charge in [0.25, 0.3) is 11.8 Å². The van der Waals surface area contributed by atoms with Crippen LogP contribution in [0.4, 0.5) is 24.5 Å². The van der Waals surface area contributed by atoms with Gasteiger partial charge in [-0.25, -0.2) is 0 Å². The number of aromatic nitrogens is 1. The summed E-state index contributed by atoms with van der Waals surface area (Å²) in [6.45, 7) is 6.05. The summed E-state index contributed by atoms with van der Waals surface area (Å²) in [4.78, 5) is 38.2. The second-order valence-corrected chi connectivity index (χ2v) is 10.4. The molecule has 0 spiro atoms. The molecule has 1 aromatic heterocycles. The minimum Gasteiger partial charge on any atom is -0.361 e. The highest BCUT2D eigenvalue weighted by Crippen LogP contribution is 2.30. The topological polar surface area (TPSA) is 101 Å². The van der Waals surface area contributed by atoms with Gasteiger partial charge in [0.15, 0.2) is 0 Å². The van der Waals surface area contributed by atoms with Crippen LogP contribution in [-0.4, -0.2) is 28.9 Å². The lowest BCUT2D eigenvalue weighted by Gasteiger charge is -2.12. The predicted octanol–water partition coefficient (Wildman–Crippen LogP) is 7.08. The van der Waals surface area contributed by atoms with Crippen molar-refractivity contribution in [2.24, 2.45) is 5.92 Å². The molecule has 4 aromatic rings. The number of rotatable bonds is 10. The smallest absolute Gasteiger partial charge is 0.361 e. The number of alkyl halides is 3. The molecule has 12 heteroatoms. The van der Waals surface area contributed by atoms with Gasteiger partial charge in [0, 0.05) is 35.8 Å². The molecule has 3 N–H and O–H groups in total. The fraction of sp³-hybridized carbons (Fsp3) is 0.258. The van der Waals surface area contributed by atoms with E-state index in [1.807, 2.05) is 0 Å². The summed E-state index contributed by atoms with van der Waals surface area (Å²) in [6.07, 6.45) is -4.49. The number of hydrogen-bond acceptors (Lipinski definition) is 4. The lowest BCUT2D eigenvalue weighted by Crippen LogP contribution is -2.27. The third-order valence-corrected chi connectivity index (χ3v) is 6.88. The maximum Gasteiger partial charge on any atom is 0.416 e. The van der Waals surface area contributed by atoms with Gasteiger partial charge in [-0.1, -0.05) is 31.5 Å². The summed E-state index contributed by atoms with van der Waals surface area (Å²) in [5.41, 5.74) is 1.60. The Balaban J connectivity index is 1.56. The molecule has 0 atom stereocenters. The molecule has 43 heavy (non-hydrogen) atoms. The number of nitrogens with one attached hydrogen (secondary N) is 3. The number of hydrogen-bond donors (Lipinski definition) is 3. The van der Waals surface area contributed by atoms with Crippen LogP contribution in [0.15, 0.2) is 66.7 Å². The minimum absolute atomic E-state index is 0.0528. The Morgan fingerprint density at radius 1 is 0.907 bits per heavy atom. The molecule has 0 bridgehead atoms. The standard InChI is InChI=1S/C31H30ClF3N4O4/c1-4-43-17-39-26-12-10-23(38-29(41)24-13-19(5-11-25(24)32)16-36-28(40)18(2)3)14-20(26)15-27(39)30(42)37-22-8-6-21(7-9-22)31(33,34)35/h5-15,18H,4,16-17H2,1-3H3,(H,36,40)(H,37,42)(H,38,41). The molecular formula is C31H30ClF3N4O4. The monoisotopic (exact) mass is 614 g/mol. The number of ether oxygens (including phenoxy) is 1. The maximum absolute atomic E-state index is 13.2. The summed E-state index contributed by atoms with van der Waals surface area (Å²) in [7, 11) is 0. The van der Waals surface area contributed by atoms with Crippen LogP contribution in [-0.2, 0) is 29.0 Å². The highest BCUT2D eigenvalue weighted by Gasteiger charge is 2.30. The molecule has 0 fully saturated rings. The molecule has 0 aliphatic rings. The Labute approximate surface area is 251 Å². The first-order valence-electron chi connectivity index (χ1n) is 13.4. The summed E-state index contributed by atoms with van der Waals surface area (Å²) < 4.78 is 45.9. The van der Waals surface area contributed by atoms with E-state index in [0.29, 0.717) is 28.8 Å². The van der Waals surface area contributed by atoms with Crippen molar-refractivity contribution in [3.05, 3.63) is 94.1 Å². The quantitative estimate of drug-likeness (QED) is 0.178. The zero-order valence-corrected chi connectivity index (χ0v) is 24.4. The van der Waals surface area contributed by atoms with Crippen LogP contribution in [0, 0.1) is 5.92 Å². The van der Waals surface area contributed by atoms with Gasteiger partial charge in [0.2, 0.25) is 5.91 Å². The maximum atomic E-state index is 13.2. The molecule has 0 unspecified atom stereocenters. The van der Waals surface area contributed by atoms with Crippen LogP contribution >= 0.6 is 11.6 Å². The Morgan fingerprint density at radius 3 is 2.23 bits per heavy atom. The van der Waals surface area contributed by atoms with Gasteiger partial charge >= 0.3 is 6.18 Å². The highest BCUT2D eigenvalue weighted by molar-refractivity contribution is 6.34. The molecule has 3 amide bonds. The molecule has 0 saturated heterocycles. The van der Waals surface area contributed by atoms with Crippen molar-refractivity contribution in [3.8, 4) is 0 Å². The SMILES string of the molecule is CCOCn1c(C(=O)Nc2ccc(C(F)(F)F)cc2)cc2cc(NC(=O)c3cc(CNC(=O)C(C)C)ccc3Cl)ccc21. The number of fused-ring (bicyclic) bond motifs is 1. The molecule has 0 aliphatic heterocycles. The summed E-state index contributed by atoms with van der Waals surface area (Å²) in [6, 6.07) is 15.8. The van der Waals surface area contributed by atoms with E-state index in [2.05, 4.69) is 16.0 Å². The number of amides is 3. The van der Waals surface area contributed by atoms with Gasteiger partial charge < -0.3 is 25.3 Å². The number of anilines is 2. The Hall–Kier alpha value is -4.35. The zero-order valence-electron chi connectivity index (χ0n) is 23.6. The number of carbonyl (C=O) groups is 3. The fourth-order valence-electron chi connectivity index (χ4n) is 4.24. The lowest BCUT2D eigenvalue weighted by atomic mass is 10.1. The van der Waals surface area contributed by atoms with Gasteiger partial charge in [0.05, 0.1) is 21.7 Å². The molecule has 1 heterocycles. The Bertz CT molecular complexity index is 1650. The van der Waals surface area contributed by atoms with Crippen molar-refractivity contribution in [1.82, 2.24) is 9.88 Å². The van der Waals surface area contributed by atoms with Crippen LogP contribution in [0.2, 0.25) is 5.02 Å². The summed E-state index contributed by atoms with van der Waals surface area (Å²) in [5.74, 6) is -1.30. The molecular weight excluding hydrogens is 585 g/mol. The zero-order chi connectivity index (χ0) is 31.3. The van der Waals surface area contributed by atoms with Crippen LogP contribution in [0.1, 0.15) is 52.7 Å². The molecule has 0 radical (unpaired) electrons. The van der Waals surface area contributed by atoms with Gasteiger partial charge in [-0.15, -0.1) is 0 Å². The lowest BCUT2D eigenvalue weighted by molar-refractivity contribution is -0.137. The van der Waals surface area contributed by atoms with Crippen molar-refractivity contribution >= 4 is 51.6 Å². The first-order chi connectivity index (χ1) is 20.4. The molecule has 0 saturated carbocycles. The van der Waals surface area contributed by atoms with E-state index < -0.39 is 23.6 Å². The van der Waals surface area contributed by atoms with Crippen LogP contribution in [0.3, 0.4) is 0 Å². The predicted molar refractivity (Wildman–Crippen MR) is 159 cm³/mol. The number of nitrogens with zero attached hydrogens (tertiary/aromatic N) is 1. The third-order valence-electron chi connectivity index (χ3n) is 6.55. The van der Waals surface area contributed by atoms with E-state index in [1.54, 1.807) is 67.8 Å². The van der Waals surface area contributed by atoms with E-state index in [4.69, 9.17) is 16.3 Å². The molecule has 4 rings (SSSR count). The van der Waals surface area contributed by atoms with E-state index in [9.17, 15) is 27.6 Å². The minimum atomic E-state index is -4.49. The largest absolute Gasteiger partial charge is 0.416 e. The molecule has 0 aliphatic carbocycles. The molecule has 226 valence electrons. The average Bonchev–Trinajstić information content (AvgIpc) is 3.32. The first kappa shape index (κ1) is 31.6. The van der Waals surface area contributed by atoms with Crippen molar-refractivity contribution < 1.29 is 32.3 Å². The highest BCUT2D eigenvalue weighted by atomic mass is 35.5.